The van der Waals surface area contributed by atoms with Crippen LogP contribution in [0.3, 0.4) is 0 Å². The van der Waals surface area contributed by atoms with Crippen LogP contribution >= 0.6 is 11.8 Å². The molecule has 0 saturated carbocycles. The van der Waals surface area contributed by atoms with Gasteiger partial charge in [-0.3, -0.25) is 15.6 Å². The first-order chi connectivity index (χ1) is 9.70. The van der Waals surface area contributed by atoms with Gasteiger partial charge in [-0.2, -0.15) is 0 Å². The minimum absolute atomic E-state index is 0.0719. The number of rotatable bonds is 6. The monoisotopic (exact) mass is 293 g/mol. The molecular weight excluding hydrogens is 278 g/mol. The van der Waals surface area contributed by atoms with Crippen LogP contribution < -0.4 is 10.9 Å². The maximum Gasteiger partial charge on any atom is 0.248 e. The molecular formula is C12H15N5O2S. The smallest absolute Gasteiger partial charge is 0.248 e. The number of aliphatic hydroxyl groups excluding tert-OH is 1. The molecule has 3 N–H and O–H groups in total. The van der Waals surface area contributed by atoms with E-state index in [1.165, 1.54) is 11.8 Å². The Labute approximate surface area is 120 Å². The Hall–Kier alpha value is -2.06. The lowest BCUT2D eigenvalue weighted by Gasteiger charge is -2.07. The van der Waals surface area contributed by atoms with Crippen LogP contribution in [0.1, 0.15) is 5.69 Å². The number of pyridine rings is 1. The molecule has 0 bridgehead atoms. The van der Waals surface area contributed by atoms with E-state index in [0.29, 0.717) is 16.7 Å². The zero-order valence-electron chi connectivity index (χ0n) is 10.9. The van der Waals surface area contributed by atoms with E-state index in [4.69, 9.17) is 5.11 Å². The molecule has 0 aliphatic carbocycles. The van der Waals surface area contributed by atoms with Gasteiger partial charge in [0.25, 0.3) is 0 Å². The molecule has 0 atom stereocenters. The van der Waals surface area contributed by atoms with Crippen molar-refractivity contribution in [3.8, 4) is 0 Å². The number of carbonyl (C=O) groups excluding carboxylic acids is 1. The largest absolute Gasteiger partial charge is 0.390 e. The summed E-state index contributed by atoms with van der Waals surface area (Å²) < 4.78 is 1.75. The molecule has 2 aromatic rings. The highest BCUT2D eigenvalue weighted by molar-refractivity contribution is 7.99. The highest BCUT2D eigenvalue weighted by Gasteiger charge is 2.09. The fourth-order valence-electron chi connectivity index (χ4n) is 1.44. The summed E-state index contributed by atoms with van der Waals surface area (Å²) in [6, 6.07) is 5.36. The fraction of sp³-hybridized carbons (Fsp3) is 0.250. The first kappa shape index (κ1) is 14.4. The van der Waals surface area contributed by atoms with Gasteiger partial charge in [0.15, 0.2) is 5.16 Å². The fourth-order valence-corrected chi connectivity index (χ4v) is 2.21. The molecule has 0 aliphatic heterocycles. The molecule has 0 radical (unpaired) electrons. The average molecular weight is 293 g/mol. The predicted octanol–water partition coefficient (Wildman–Crippen LogP) is 0.543. The predicted molar refractivity (Wildman–Crippen MR) is 75.9 cm³/mol. The Kier molecular flexibility index (Phi) is 4.97. The Bertz CT molecular complexity index is 572. The standard InChI is InChI=1S/C12H15N5O2S/c1-17-9(7-18)6-14-12(17)20-8-11(19)16-15-10-4-2-3-5-13-10/h2-6,18H,7-8H2,1H3,(H,13,15)(H,16,19). The Morgan fingerprint density at radius 3 is 2.95 bits per heavy atom. The van der Waals surface area contributed by atoms with E-state index in [1.54, 1.807) is 36.1 Å². The first-order valence-corrected chi connectivity index (χ1v) is 6.89. The highest BCUT2D eigenvalue weighted by atomic mass is 32.2. The van der Waals surface area contributed by atoms with Crippen LogP contribution in [0, 0.1) is 0 Å². The average Bonchev–Trinajstić information content (AvgIpc) is 2.84. The number of nitrogens with zero attached hydrogens (tertiary/aromatic N) is 3. The molecule has 0 saturated heterocycles. The van der Waals surface area contributed by atoms with Crippen molar-refractivity contribution in [3.05, 3.63) is 36.3 Å². The van der Waals surface area contributed by atoms with Crippen molar-refractivity contribution in [2.75, 3.05) is 11.2 Å². The van der Waals surface area contributed by atoms with E-state index in [0.717, 1.165) is 0 Å². The lowest BCUT2D eigenvalue weighted by molar-refractivity contribution is -0.118. The zero-order chi connectivity index (χ0) is 14.4. The van der Waals surface area contributed by atoms with Crippen LogP contribution in [0.5, 0.6) is 0 Å². The van der Waals surface area contributed by atoms with Crippen molar-refractivity contribution in [3.63, 3.8) is 0 Å². The van der Waals surface area contributed by atoms with Gasteiger partial charge in [-0.1, -0.05) is 17.8 Å². The minimum Gasteiger partial charge on any atom is -0.390 e. The van der Waals surface area contributed by atoms with Crippen molar-refractivity contribution in [1.82, 2.24) is 20.0 Å². The van der Waals surface area contributed by atoms with Gasteiger partial charge in [-0.25, -0.2) is 9.97 Å². The summed E-state index contributed by atoms with van der Waals surface area (Å²) in [6.07, 6.45) is 3.22. The van der Waals surface area contributed by atoms with Gasteiger partial charge >= 0.3 is 0 Å². The van der Waals surface area contributed by atoms with Crippen molar-refractivity contribution >= 4 is 23.5 Å². The lowest BCUT2D eigenvalue weighted by Crippen LogP contribution is -2.31. The highest BCUT2D eigenvalue weighted by Crippen LogP contribution is 2.16. The molecule has 7 nitrogen and oxygen atoms in total. The van der Waals surface area contributed by atoms with Gasteiger partial charge in [0, 0.05) is 13.2 Å². The topological polar surface area (TPSA) is 92.1 Å². The number of hydrogen-bond donors (Lipinski definition) is 3. The summed E-state index contributed by atoms with van der Waals surface area (Å²) in [6.45, 7) is -0.0719. The van der Waals surface area contributed by atoms with Crippen molar-refractivity contribution in [2.45, 2.75) is 11.8 Å². The summed E-state index contributed by atoms with van der Waals surface area (Å²) in [5, 5.41) is 9.74. The summed E-state index contributed by atoms with van der Waals surface area (Å²) >= 11 is 1.29. The molecule has 8 heteroatoms. The SMILES string of the molecule is Cn1c(CO)cnc1SCC(=O)NNc1ccccn1. The summed E-state index contributed by atoms with van der Waals surface area (Å²) in [5.41, 5.74) is 5.98. The van der Waals surface area contributed by atoms with E-state index >= 15 is 0 Å². The Morgan fingerprint density at radius 2 is 2.30 bits per heavy atom. The van der Waals surface area contributed by atoms with E-state index < -0.39 is 0 Å². The van der Waals surface area contributed by atoms with Gasteiger partial charge in [0.05, 0.1) is 24.3 Å². The number of hydrazine groups is 1. The number of amides is 1. The van der Waals surface area contributed by atoms with Crippen molar-refractivity contribution in [2.24, 2.45) is 7.05 Å². The maximum absolute atomic E-state index is 11.7. The van der Waals surface area contributed by atoms with Crippen LogP contribution in [0.25, 0.3) is 0 Å². The van der Waals surface area contributed by atoms with Crippen LogP contribution in [0.15, 0.2) is 35.7 Å². The summed E-state index contributed by atoms with van der Waals surface area (Å²) in [7, 11) is 1.80. The number of aromatic nitrogens is 3. The van der Waals surface area contributed by atoms with Crippen LogP contribution in [-0.4, -0.2) is 31.3 Å². The Morgan fingerprint density at radius 1 is 1.45 bits per heavy atom. The van der Waals surface area contributed by atoms with Gasteiger partial charge in [-0.15, -0.1) is 0 Å². The molecule has 0 unspecified atom stereocenters. The number of thioether (sulfide) groups is 1. The molecule has 2 heterocycles. The van der Waals surface area contributed by atoms with E-state index in [9.17, 15) is 4.79 Å². The third kappa shape index (κ3) is 3.72. The minimum atomic E-state index is -0.186. The molecule has 20 heavy (non-hydrogen) atoms. The van der Waals surface area contributed by atoms with Gasteiger partial charge in [0.2, 0.25) is 5.91 Å². The molecule has 0 aliphatic rings. The molecule has 1 amide bonds. The number of carbonyl (C=O) groups is 1. The van der Waals surface area contributed by atoms with E-state index in [2.05, 4.69) is 20.8 Å². The molecule has 0 aromatic carbocycles. The molecule has 106 valence electrons. The second-order valence-electron chi connectivity index (χ2n) is 3.93. The zero-order valence-corrected chi connectivity index (χ0v) is 11.7. The van der Waals surface area contributed by atoms with Gasteiger partial charge in [0.1, 0.15) is 5.82 Å². The number of hydrogen-bond acceptors (Lipinski definition) is 6. The third-order valence-electron chi connectivity index (χ3n) is 2.53. The third-order valence-corrected chi connectivity index (χ3v) is 3.58. The number of imidazole rings is 1. The van der Waals surface area contributed by atoms with Crippen molar-refractivity contribution in [1.29, 1.82) is 0 Å². The second-order valence-corrected chi connectivity index (χ2v) is 4.87. The first-order valence-electron chi connectivity index (χ1n) is 5.91. The molecule has 0 fully saturated rings. The molecule has 0 spiro atoms. The lowest BCUT2D eigenvalue weighted by atomic mass is 10.5. The normalized spacial score (nSPS) is 10.3. The van der Waals surface area contributed by atoms with E-state index in [1.807, 2.05) is 6.07 Å². The van der Waals surface area contributed by atoms with E-state index in [-0.39, 0.29) is 18.3 Å². The number of aliphatic hydroxyl groups is 1. The van der Waals surface area contributed by atoms with Gasteiger partial charge in [-0.05, 0) is 12.1 Å². The quantitative estimate of drug-likeness (QED) is 0.532. The molecule has 2 aromatic heterocycles. The Balaban J connectivity index is 1.79. The maximum atomic E-state index is 11.7. The number of anilines is 1. The second kappa shape index (κ2) is 6.92. The molecule has 2 rings (SSSR count). The van der Waals surface area contributed by atoms with Crippen LogP contribution in [0.2, 0.25) is 0 Å². The van der Waals surface area contributed by atoms with Crippen LogP contribution in [-0.2, 0) is 18.4 Å². The van der Waals surface area contributed by atoms with Crippen molar-refractivity contribution < 1.29 is 9.90 Å². The summed E-state index contributed by atoms with van der Waals surface area (Å²) in [4.78, 5) is 19.8. The number of nitrogens with one attached hydrogen (secondary N) is 2. The van der Waals surface area contributed by atoms with Gasteiger partial charge < -0.3 is 9.67 Å². The van der Waals surface area contributed by atoms with Crippen LogP contribution in [0.4, 0.5) is 5.82 Å². The summed E-state index contributed by atoms with van der Waals surface area (Å²) in [5.74, 6) is 0.606.